The number of esters is 1. The molecule has 0 N–H and O–H groups in total. The van der Waals surface area contributed by atoms with Gasteiger partial charge in [0.15, 0.2) is 0 Å². The van der Waals surface area contributed by atoms with Crippen molar-refractivity contribution in [2.45, 2.75) is 32.4 Å². The molecule has 1 aliphatic rings. The first-order valence-electron chi connectivity index (χ1n) is 9.52. The molecule has 8 heteroatoms. The van der Waals surface area contributed by atoms with Crippen molar-refractivity contribution in [2.24, 2.45) is 0 Å². The first-order valence-corrected chi connectivity index (χ1v) is 9.90. The summed E-state index contributed by atoms with van der Waals surface area (Å²) in [6, 6.07) is 9.01. The number of ether oxygens (including phenoxy) is 1. The number of carbonyl (C=O) groups excluding carboxylic acids is 1. The van der Waals surface area contributed by atoms with Gasteiger partial charge in [0.25, 0.3) is 0 Å². The van der Waals surface area contributed by atoms with Crippen molar-refractivity contribution < 1.29 is 14.1 Å². The predicted octanol–water partition coefficient (Wildman–Crippen LogP) is 3.91. The Labute approximate surface area is 173 Å². The molecule has 0 radical (unpaired) electrons. The molecule has 3 aromatic rings. The van der Waals surface area contributed by atoms with Crippen molar-refractivity contribution in [3.8, 4) is 11.3 Å². The highest BCUT2D eigenvalue weighted by atomic mass is 35.5. The average Bonchev–Trinajstić information content (AvgIpc) is 3.11. The fourth-order valence-corrected chi connectivity index (χ4v) is 3.75. The fourth-order valence-electron chi connectivity index (χ4n) is 3.52. The van der Waals surface area contributed by atoms with Gasteiger partial charge in [0.05, 0.1) is 11.6 Å². The van der Waals surface area contributed by atoms with Crippen LogP contribution in [-0.4, -0.2) is 45.2 Å². The molecule has 0 amide bonds. The summed E-state index contributed by atoms with van der Waals surface area (Å²) in [5.41, 5.74) is 1.37. The minimum Gasteiger partial charge on any atom is -0.457 e. The fraction of sp³-hybridized carbons (Fsp3) is 0.333. The van der Waals surface area contributed by atoms with Crippen molar-refractivity contribution >= 4 is 17.6 Å². The van der Waals surface area contributed by atoms with Gasteiger partial charge in [-0.1, -0.05) is 35.0 Å². The molecule has 0 aliphatic carbocycles. The summed E-state index contributed by atoms with van der Waals surface area (Å²) in [5, 5.41) is 4.55. The highest BCUT2D eigenvalue weighted by Crippen LogP contribution is 2.32. The first kappa shape index (κ1) is 19.5. The smallest absolute Gasteiger partial charge is 0.344 e. The number of halogens is 1. The zero-order valence-corrected chi connectivity index (χ0v) is 16.8. The molecule has 0 bridgehead atoms. The van der Waals surface area contributed by atoms with E-state index in [4.69, 9.17) is 20.9 Å². The van der Waals surface area contributed by atoms with Gasteiger partial charge in [-0.05, 0) is 38.4 Å². The van der Waals surface area contributed by atoms with Gasteiger partial charge >= 0.3 is 5.97 Å². The van der Waals surface area contributed by atoms with Crippen molar-refractivity contribution in [1.29, 1.82) is 0 Å². The van der Waals surface area contributed by atoms with Crippen LogP contribution in [0.15, 0.2) is 47.2 Å². The largest absolute Gasteiger partial charge is 0.457 e. The Kier molecular flexibility index (Phi) is 5.87. The molecule has 1 saturated heterocycles. The Hall–Kier alpha value is -2.77. The van der Waals surface area contributed by atoms with Crippen LogP contribution in [0.25, 0.3) is 11.3 Å². The summed E-state index contributed by atoms with van der Waals surface area (Å²) >= 11 is 6.28. The molecule has 29 heavy (non-hydrogen) atoms. The number of likely N-dealkylation sites (tertiary alicyclic amines) is 1. The van der Waals surface area contributed by atoms with E-state index >= 15 is 0 Å². The molecule has 150 valence electrons. The zero-order valence-electron chi connectivity index (χ0n) is 16.0. The van der Waals surface area contributed by atoms with Crippen molar-refractivity contribution in [2.75, 3.05) is 13.1 Å². The molecule has 0 saturated carbocycles. The van der Waals surface area contributed by atoms with Gasteiger partial charge in [0, 0.05) is 24.5 Å². The van der Waals surface area contributed by atoms with E-state index in [2.05, 4.69) is 20.0 Å². The zero-order chi connectivity index (χ0) is 20.2. The third kappa shape index (κ3) is 4.46. The van der Waals surface area contributed by atoms with Crippen LogP contribution in [0.3, 0.4) is 0 Å². The lowest BCUT2D eigenvalue weighted by Gasteiger charge is -2.31. The van der Waals surface area contributed by atoms with Gasteiger partial charge in [-0.3, -0.25) is 4.90 Å². The van der Waals surface area contributed by atoms with Crippen LogP contribution in [0.2, 0.25) is 5.02 Å². The lowest BCUT2D eigenvalue weighted by atomic mass is 10.1. The summed E-state index contributed by atoms with van der Waals surface area (Å²) in [4.78, 5) is 23.7. The van der Waals surface area contributed by atoms with Gasteiger partial charge < -0.3 is 9.26 Å². The number of hydrogen-bond acceptors (Lipinski definition) is 7. The first-order chi connectivity index (χ1) is 14.1. The van der Waals surface area contributed by atoms with Crippen LogP contribution in [0.1, 0.15) is 34.8 Å². The third-order valence-corrected chi connectivity index (χ3v) is 5.25. The number of aromatic nitrogens is 3. The van der Waals surface area contributed by atoms with Crippen LogP contribution in [0.4, 0.5) is 0 Å². The van der Waals surface area contributed by atoms with Gasteiger partial charge in [0.1, 0.15) is 28.9 Å². The van der Waals surface area contributed by atoms with Crippen molar-refractivity contribution in [3.63, 3.8) is 0 Å². The highest BCUT2D eigenvalue weighted by molar-refractivity contribution is 6.33. The maximum atomic E-state index is 13.0. The Morgan fingerprint density at radius 2 is 2.07 bits per heavy atom. The molecule has 7 nitrogen and oxygen atoms in total. The summed E-state index contributed by atoms with van der Waals surface area (Å²) in [7, 11) is 0. The monoisotopic (exact) mass is 412 g/mol. The minimum absolute atomic E-state index is 0.214. The van der Waals surface area contributed by atoms with Crippen molar-refractivity contribution in [3.05, 3.63) is 64.9 Å². The van der Waals surface area contributed by atoms with Gasteiger partial charge in [0.2, 0.25) is 0 Å². The van der Waals surface area contributed by atoms with Crippen LogP contribution in [0, 0.1) is 6.92 Å². The quantitative estimate of drug-likeness (QED) is 0.587. The van der Waals surface area contributed by atoms with Gasteiger partial charge in [-0.2, -0.15) is 0 Å². The molecular weight excluding hydrogens is 392 g/mol. The van der Waals surface area contributed by atoms with Gasteiger partial charge in [-0.25, -0.2) is 14.8 Å². The molecule has 1 atom stereocenters. The van der Waals surface area contributed by atoms with E-state index in [0.717, 1.165) is 25.2 Å². The van der Waals surface area contributed by atoms with E-state index in [-0.39, 0.29) is 6.10 Å². The number of carbonyl (C=O) groups is 1. The van der Waals surface area contributed by atoms with Crippen molar-refractivity contribution in [1.82, 2.24) is 20.0 Å². The number of piperidine rings is 1. The Bertz CT molecular complexity index is 993. The Morgan fingerprint density at radius 3 is 2.86 bits per heavy atom. The molecule has 1 unspecified atom stereocenters. The molecule has 1 aromatic carbocycles. The molecule has 0 spiro atoms. The van der Waals surface area contributed by atoms with E-state index in [1.807, 2.05) is 12.1 Å². The number of benzene rings is 1. The van der Waals surface area contributed by atoms with E-state index in [0.29, 0.717) is 40.7 Å². The van der Waals surface area contributed by atoms with E-state index < -0.39 is 5.97 Å². The highest BCUT2D eigenvalue weighted by Gasteiger charge is 2.29. The van der Waals surface area contributed by atoms with Crippen LogP contribution in [-0.2, 0) is 11.3 Å². The Balaban J connectivity index is 1.47. The van der Waals surface area contributed by atoms with Crippen LogP contribution >= 0.6 is 11.6 Å². The number of nitrogens with zero attached hydrogens (tertiary/aromatic N) is 4. The summed E-state index contributed by atoms with van der Waals surface area (Å²) in [5.74, 6) is 0.729. The average molecular weight is 413 g/mol. The summed E-state index contributed by atoms with van der Waals surface area (Å²) in [6.07, 6.45) is 4.99. The number of hydrogen-bond donors (Lipinski definition) is 0. The predicted molar refractivity (Wildman–Crippen MR) is 107 cm³/mol. The standard InChI is InChI=1S/C21H21ClN4O3/c1-14-19(20(25-29-14)16-7-2-3-8-17(16)22)21(27)28-15-6-4-11-26(12-15)13-18-23-9-5-10-24-18/h2-3,5,7-10,15H,4,6,11-13H2,1H3. The molecule has 3 heterocycles. The van der Waals surface area contributed by atoms with E-state index in [1.165, 1.54) is 0 Å². The minimum atomic E-state index is -0.443. The molecule has 2 aromatic heterocycles. The lowest BCUT2D eigenvalue weighted by molar-refractivity contribution is 0.00515. The Morgan fingerprint density at radius 1 is 1.28 bits per heavy atom. The molecule has 1 fully saturated rings. The van der Waals surface area contributed by atoms with E-state index in [1.54, 1.807) is 37.5 Å². The van der Waals surface area contributed by atoms with Crippen LogP contribution < -0.4 is 0 Å². The second-order valence-corrected chi connectivity index (χ2v) is 7.42. The van der Waals surface area contributed by atoms with E-state index in [9.17, 15) is 4.79 Å². The maximum Gasteiger partial charge on any atom is 0.344 e. The second-order valence-electron chi connectivity index (χ2n) is 7.01. The molecule has 4 rings (SSSR count). The molecular formula is C21H21ClN4O3. The third-order valence-electron chi connectivity index (χ3n) is 4.92. The molecule has 1 aliphatic heterocycles. The normalized spacial score (nSPS) is 17.2. The second kappa shape index (κ2) is 8.71. The van der Waals surface area contributed by atoms with Gasteiger partial charge in [-0.15, -0.1) is 0 Å². The SMILES string of the molecule is Cc1onc(-c2ccccc2Cl)c1C(=O)OC1CCCN(Cc2ncccn2)C1. The summed E-state index contributed by atoms with van der Waals surface area (Å²) in [6.45, 7) is 3.88. The summed E-state index contributed by atoms with van der Waals surface area (Å²) < 4.78 is 11.1. The number of aryl methyl sites for hydroxylation is 1. The lowest BCUT2D eigenvalue weighted by Crippen LogP contribution is -2.40. The number of rotatable bonds is 5. The van der Waals surface area contributed by atoms with Crippen LogP contribution in [0.5, 0.6) is 0 Å². The maximum absolute atomic E-state index is 13.0. The topological polar surface area (TPSA) is 81.4 Å².